The van der Waals surface area contributed by atoms with Crippen LogP contribution >= 0.6 is 0 Å². The molecule has 2 aromatic carbocycles. The molecule has 0 heterocycles. The molecule has 2 aromatic rings. The predicted octanol–water partition coefficient (Wildman–Crippen LogP) is 3.93. The number of carboxylic acids is 1. The summed E-state index contributed by atoms with van der Waals surface area (Å²) in [5.74, 6) is -2.22. The molecule has 0 fully saturated rings. The fraction of sp³-hybridized carbons (Fsp3) is 0.435. The topological polar surface area (TPSA) is 102 Å². The molecular weight excluding hydrogens is 386 g/mol. The van der Waals surface area contributed by atoms with Gasteiger partial charge in [0.05, 0.1) is 5.92 Å². The zero-order valence-corrected chi connectivity index (χ0v) is 17.8. The van der Waals surface area contributed by atoms with Gasteiger partial charge >= 0.3 is 18.0 Å². The molecular formula is C23H29NO6. The molecule has 30 heavy (non-hydrogen) atoms. The highest BCUT2D eigenvalue weighted by Crippen LogP contribution is 2.20. The van der Waals surface area contributed by atoms with Crippen LogP contribution in [0.15, 0.2) is 42.5 Å². The van der Waals surface area contributed by atoms with Crippen molar-refractivity contribution in [1.82, 2.24) is 5.32 Å². The summed E-state index contributed by atoms with van der Waals surface area (Å²) in [5.41, 5.74) is 0.232. The lowest BCUT2D eigenvalue weighted by Crippen LogP contribution is -2.46. The molecule has 2 rings (SSSR count). The van der Waals surface area contributed by atoms with Crippen molar-refractivity contribution in [3.05, 3.63) is 48.0 Å². The van der Waals surface area contributed by atoms with Crippen molar-refractivity contribution in [2.24, 2.45) is 5.92 Å². The minimum absolute atomic E-state index is 0.415. The monoisotopic (exact) mass is 415 g/mol. The van der Waals surface area contributed by atoms with Gasteiger partial charge in [-0.3, -0.25) is 4.79 Å². The van der Waals surface area contributed by atoms with Crippen molar-refractivity contribution in [2.45, 2.75) is 52.2 Å². The zero-order valence-electron chi connectivity index (χ0n) is 17.8. The van der Waals surface area contributed by atoms with Gasteiger partial charge in [0.25, 0.3) is 0 Å². The van der Waals surface area contributed by atoms with Crippen LogP contribution < -0.4 is 5.32 Å². The summed E-state index contributed by atoms with van der Waals surface area (Å²) in [6.07, 6.45) is 0.148. The van der Waals surface area contributed by atoms with Crippen LogP contribution in [-0.4, -0.2) is 41.4 Å². The summed E-state index contributed by atoms with van der Waals surface area (Å²) < 4.78 is 10.3. The van der Waals surface area contributed by atoms with Gasteiger partial charge in [0.2, 0.25) is 0 Å². The Kier molecular flexibility index (Phi) is 7.80. The van der Waals surface area contributed by atoms with Gasteiger partial charge < -0.3 is 19.9 Å². The second kappa shape index (κ2) is 10.1. The van der Waals surface area contributed by atoms with E-state index < -0.39 is 42.2 Å². The number of ether oxygens (including phenoxy) is 2. The molecule has 7 nitrogen and oxygen atoms in total. The average molecular weight is 415 g/mol. The second-order valence-corrected chi connectivity index (χ2v) is 8.16. The van der Waals surface area contributed by atoms with E-state index in [4.69, 9.17) is 9.47 Å². The lowest BCUT2D eigenvalue weighted by atomic mass is 9.95. The normalized spacial score (nSPS) is 13.3. The molecule has 0 saturated heterocycles. The number of hydrogen-bond acceptors (Lipinski definition) is 5. The molecule has 0 aliphatic rings. The molecule has 7 heteroatoms. The summed E-state index contributed by atoms with van der Waals surface area (Å²) in [6, 6.07) is 12.6. The molecule has 2 atom stereocenters. The molecule has 0 saturated carbocycles. The molecule has 162 valence electrons. The van der Waals surface area contributed by atoms with Gasteiger partial charge in [-0.15, -0.1) is 0 Å². The maximum atomic E-state index is 12.5. The highest BCUT2D eigenvalue weighted by Gasteiger charge is 2.27. The van der Waals surface area contributed by atoms with Crippen LogP contribution in [0.1, 0.15) is 39.7 Å². The van der Waals surface area contributed by atoms with Crippen LogP contribution in [-0.2, 0) is 25.5 Å². The van der Waals surface area contributed by atoms with Crippen LogP contribution in [0, 0.1) is 5.92 Å². The van der Waals surface area contributed by atoms with E-state index in [0.717, 1.165) is 16.3 Å². The third-order valence-corrected chi connectivity index (χ3v) is 4.50. The Balaban J connectivity index is 1.96. The summed E-state index contributed by atoms with van der Waals surface area (Å²) in [5, 5.41) is 13.7. The first-order valence-corrected chi connectivity index (χ1v) is 9.95. The Morgan fingerprint density at radius 1 is 1.07 bits per heavy atom. The first kappa shape index (κ1) is 23.2. The number of carboxylic acid groups (broad SMARTS) is 1. The molecule has 0 aromatic heterocycles. The van der Waals surface area contributed by atoms with Crippen molar-refractivity contribution in [3.63, 3.8) is 0 Å². The lowest BCUT2D eigenvalue weighted by molar-refractivity contribution is -0.152. The third-order valence-electron chi connectivity index (χ3n) is 4.50. The first-order chi connectivity index (χ1) is 14.1. The van der Waals surface area contributed by atoms with Crippen LogP contribution in [0.25, 0.3) is 10.8 Å². The lowest BCUT2D eigenvalue weighted by Gasteiger charge is -2.22. The third kappa shape index (κ3) is 7.06. The smallest absolute Gasteiger partial charge is 0.408 e. The Bertz CT molecular complexity index is 902. The van der Waals surface area contributed by atoms with E-state index in [2.05, 4.69) is 5.32 Å². The van der Waals surface area contributed by atoms with Crippen molar-refractivity contribution in [1.29, 1.82) is 0 Å². The summed E-state index contributed by atoms with van der Waals surface area (Å²) in [4.78, 5) is 35.8. The van der Waals surface area contributed by atoms with Crippen LogP contribution in [0.2, 0.25) is 0 Å². The highest BCUT2D eigenvalue weighted by molar-refractivity contribution is 5.83. The molecule has 2 N–H and O–H groups in total. The predicted molar refractivity (Wildman–Crippen MR) is 113 cm³/mol. The van der Waals surface area contributed by atoms with Crippen molar-refractivity contribution in [2.75, 3.05) is 6.61 Å². The number of rotatable bonds is 8. The number of benzene rings is 2. The Morgan fingerprint density at radius 3 is 2.33 bits per heavy atom. The Morgan fingerprint density at radius 2 is 1.73 bits per heavy atom. The molecule has 0 aliphatic heterocycles. The van der Waals surface area contributed by atoms with Crippen LogP contribution in [0.5, 0.6) is 0 Å². The number of carbonyl (C=O) groups excluding carboxylic acids is 2. The maximum absolute atomic E-state index is 12.5. The number of esters is 1. The van der Waals surface area contributed by atoms with Gasteiger partial charge in [-0.05, 0) is 49.9 Å². The summed E-state index contributed by atoms with van der Waals surface area (Å²) in [6.45, 7) is 6.41. The number of amides is 1. The molecule has 0 radical (unpaired) electrons. The van der Waals surface area contributed by atoms with Gasteiger partial charge in [0.1, 0.15) is 12.2 Å². The number of carbonyl (C=O) groups is 3. The van der Waals surface area contributed by atoms with Gasteiger partial charge in [0, 0.05) is 0 Å². The van der Waals surface area contributed by atoms with E-state index in [1.54, 1.807) is 20.8 Å². The number of aliphatic carboxylic acids is 1. The van der Waals surface area contributed by atoms with Gasteiger partial charge in [-0.25, -0.2) is 9.59 Å². The Hall–Kier alpha value is -3.09. The summed E-state index contributed by atoms with van der Waals surface area (Å²) in [7, 11) is 0. The van der Waals surface area contributed by atoms with Gasteiger partial charge in [-0.1, -0.05) is 49.4 Å². The molecule has 0 aliphatic carbocycles. The van der Waals surface area contributed by atoms with E-state index in [1.807, 2.05) is 49.4 Å². The van der Waals surface area contributed by atoms with Crippen molar-refractivity contribution in [3.8, 4) is 0 Å². The van der Waals surface area contributed by atoms with Crippen molar-refractivity contribution >= 4 is 28.8 Å². The van der Waals surface area contributed by atoms with E-state index in [1.165, 1.54) is 0 Å². The number of nitrogens with one attached hydrogen (secondary N) is 1. The fourth-order valence-electron chi connectivity index (χ4n) is 2.95. The van der Waals surface area contributed by atoms with Crippen molar-refractivity contribution < 1.29 is 29.0 Å². The van der Waals surface area contributed by atoms with Crippen LogP contribution in [0.3, 0.4) is 0 Å². The van der Waals surface area contributed by atoms with E-state index >= 15 is 0 Å². The minimum atomic E-state index is -1.39. The van der Waals surface area contributed by atoms with Gasteiger partial charge in [-0.2, -0.15) is 0 Å². The first-order valence-electron chi connectivity index (χ1n) is 9.95. The van der Waals surface area contributed by atoms with E-state index in [-0.39, 0.29) is 0 Å². The molecule has 0 bridgehead atoms. The minimum Gasteiger partial charge on any atom is -0.480 e. The molecule has 0 unspecified atom stereocenters. The van der Waals surface area contributed by atoms with Crippen LogP contribution in [0.4, 0.5) is 4.79 Å². The largest absolute Gasteiger partial charge is 0.480 e. The summed E-state index contributed by atoms with van der Waals surface area (Å²) >= 11 is 0. The number of alkyl carbamates (subject to hydrolysis) is 1. The average Bonchev–Trinajstić information content (AvgIpc) is 2.67. The number of fused-ring (bicyclic) bond motifs is 1. The number of hydrogen-bond donors (Lipinski definition) is 2. The zero-order chi connectivity index (χ0) is 22.3. The SMILES string of the molecule is CC[C@@H](Cc1ccc2ccccc2c1)C(=O)OC[C@H](NC(=O)OC(C)(C)C)C(=O)O. The fourth-order valence-corrected chi connectivity index (χ4v) is 2.95. The molecule has 0 spiro atoms. The standard InChI is InChI=1S/C23H29NO6/c1-5-16(12-15-10-11-17-8-6-7-9-18(17)13-15)21(27)29-14-19(20(25)26)24-22(28)30-23(2,3)4/h6-11,13,16,19H,5,12,14H2,1-4H3,(H,24,28)(H,25,26)/t16-,19-/m0/s1. The van der Waals surface area contributed by atoms with E-state index in [0.29, 0.717) is 12.8 Å². The second-order valence-electron chi connectivity index (χ2n) is 8.16. The Labute approximate surface area is 176 Å². The quantitative estimate of drug-likeness (QED) is 0.634. The molecule has 1 amide bonds. The highest BCUT2D eigenvalue weighted by atomic mass is 16.6. The maximum Gasteiger partial charge on any atom is 0.408 e. The van der Waals surface area contributed by atoms with E-state index in [9.17, 15) is 19.5 Å². The van der Waals surface area contributed by atoms with Gasteiger partial charge in [0.15, 0.2) is 6.04 Å².